The minimum atomic E-state index is -3.73. The van der Waals surface area contributed by atoms with Crippen molar-refractivity contribution >= 4 is 45.6 Å². The Kier molecular flexibility index (Phi) is 6.17. The molecule has 0 radical (unpaired) electrons. The van der Waals surface area contributed by atoms with Crippen LogP contribution in [0.3, 0.4) is 0 Å². The Labute approximate surface area is 157 Å². The molecule has 0 spiro atoms. The first-order chi connectivity index (χ1) is 10.9. The van der Waals surface area contributed by atoms with Crippen LogP contribution in [0.1, 0.15) is 11.9 Å². The Balaban J connectivity index is 0.00000208. The number of benzene rings is 1. The number of halogens is 3. The van der Waals surface area contributed by atoms with Crippen molar-refractivity contribution in [1.82, 2.24) is 19.2 Å². The van der Waals surface area contributed by atoms with Gasteiger partial charge < -0.3 is 9.88 Å². The molecule has 1 saturated heterocycles. The molecule has 2 heterocycles. The van der Waals surface area contributed by atoms with E-state index >= 15 is 0 Å². The van der Waals surface area contributed by atoms with Crippen LogP contribution < -0.4 is 5.32 Å². The molecule has 1 aliphatic rings. The van der Waals surface area contributed by atoms with Gasteiger partial charge in [-0.25, -0.2) is 13.4 Å². The summed E-state index contributed by atoms with van der Waals surface area (Å²) in [4.78, 5) is 4.39. The highest BCUT2D eigenvalue weighted by Crippen LogP contribution is 2.30. The maximum Gasteiger partial charge on any atom is 0.243 e. The Morgan fingerprint density at radius 3 is 2.50 bits per heavy atom. The fourth-order valence-electron chi connectivity index (χ4n) is 2.70. The number of hydrogen-bond acceptors (Lipinski definition) is 4. The molecule has 1 N–H and O–H groups in total. The van der Waals surface area contributed by atoms with E-state index in [2.05, 4.69) is 10.3 Å². The van der Waals surface area contributed by atoms with E-state index in [1.54, 1.807) is 12.4 Å². The molecule has 2 aromatic rings. The number of sulfonamides is 1. The largest absolute Gasteiger partial charge is 0.337 e. The van der Waals surface area contributed by atoms with Gasteiger partial charge in [0.25, 0.3) is 0 Å². The molecule has 1 aromatic heterocycles. The predicted octanol–water partition coefficient (Wildman–Crippen LogP) is 2.48. The fraction of sp³-hybridized carbons (Fsp3) is 0.357. The molecule has 0 amide bonds. The molecule has 1 atom stereocenters. The molecule has 10 heteroatoms. The first-order valence-electron chi connectivity index (χ1n) is 7.05. The van der Waals surface area contributed by atoms with Crippen LogP contribution in [0.25, 0.3) is 0 Å². The SMILES string of the molecule is Cl.Cn1ccnc1C1CNCCN1S(=O)(=O)c1cc(Cl)cc(Cl)c1. The van der Waals surface area contributed by atoms with Gasteiger partial charge in [-0.15, -0.1) is 12.4 Å². The van der Waals surface area contributed by atoms with Crippen LogP contribution in [0.2, 0.25) is 10.0 Å². The molecule has 0 aliphatic carbocycles. The molecule has 24 heavy (non-hydrogen) atoms. The van der Waals surface area contributed by atoms with Crippen LogP contribution in [0, 0.1) is 0 Å². The molecule has 1 aliphatic heterocycles. The standard InChI is InChI=1S/C14H16Cl2N4O2S.ClH/c1-19-4-3-18-14(19)13-9-17-2-5-20(13)23(21,22)12-7-10(15)6-11(16)8-12;/h3-4,6-8,13,17H,2,5,9H2,1H3;1H. The summed E-state index contributed by atoms with van der Waals surface area (Å²) in [6, 6.07) is 3.96. The summed E-state index contributed by atoms with van der Waals surface area (Å²) in [5.74, 6) is 0.689. The zero-order chi connectivity index (χ0) is 16.6. The normalized spacial score (nSPS) is 19.0. The molecular formula is C14H17Cl3N4O2S. The molecule has 1 aromatic carbocycles. The van der Waals surface area contributed by atoms with Gasteiger partial charge in [-0.05, 0) is 18.2 Å². The van der Waals surface area contributed by atoms with Gasteiger partial charge in [-0.3, -0.25) is 0 Å². The Bertz CT molecular complexity index is 805. The zero-order valence-electron chi connectivity index (χ0n) is 12.8. The topological polar surface area (TPSA) is 67.2 Å². The van der Waals surface area contributed by atoms with E-state index in [0.717, 1.165) is 0 Å². The third kappa shape index (κ3) is 3.71. The van der Waals surface area contributed by atoms with Gasteiger partial charge in [0, 0.05) is 49.1 Å². The third-order valence-corrected chi connectivity index (χ3v) is 6.12. The molecular weight excluding hydrogens is 395 g/mol. The highest BCUT2D eigenvalue weighted by atomic mass is 35.5. The Morgan fingerprint density at radius 2 is 1.92 bits per heavy atom. The van der Waals surface area contributed by atoms with Crippen LogP contribution in [0.5, 0.6) is 0 Å². The number of rotatable bonds is 3. The first-order valence-corrected chi connectivity index (χ1v) is 9.25. The van der Waals surface area contributed by atoms with Crippen LogP contribution in [0.15, 0.2) is 35.5 Å². The number of aromatic nitrogens is 2. The number of imidazole rings is 1. The summed E-state index contributed by atoms with van der Waals surface area (Å²) in [6.07, 6.45) is 3.45. The van der Waals surface area contributed by atoms with Crippen LogP contribution in [0.4, 0.5) is 0 Å². The summed E-state index contributed by atoms with van der Waals surface area (Å²) in [7, 11) is -1.88. The van der Waals surface area contributed by atoms with E-state index in [1.807, 2.05) is 11.6 Å². The molecule has 1 unspecified atom stereocenters. The average molecular weight is 412 g/mol. The van der Waals surface area contributed by atoms with Crippen molar-refractivity contribution < 1.29 is 8.42 Å². The lowest BCUT2D eigenvalue weighted by atomic mass is 10.2. The smallest absolute Gasteiger partial charge is 0.243 e. The lowest BCUT2D eigenvalue weighted by Gasteiger charge is -2.34. The molecule has 132 valence electrons. The zero-order valence-corrected chi connectivity index (χ0v) is 16.0. The third-order valence-electron chi connectivity index (χ3n) is 3.79. The molecule has 3 rings (SSSR count). The summed E-state index contributed by atoms with van der Waals surface area (Å²) in [5, 5.41) is 3.80. The monoisotopic (exact) mass is 410 g/mol. The number of piperazine rings is 1. The van der Waals surface area contributed by atoms with Crippen LogP contribution >= 0.6 is 35.6 Å². The number of nitrogens with zero attached hydrogens (tertiary/aromatic N) is 3. The van der Waals surface area contributed by atoms with E-state index < -0.39 is 10.0 Å². The van der Waals surface area contributed by atoms with E-state index in [-0.39, 0.29) is 23.3 Å². The van der Waals surface area contributed by atoms with Gasteiger partial charge in [-0.2, -0.15) is 4.31 Å². The first kappa shape index (κ1) is 19.5. The van der Waals surface area contributed by atoms with E-state index in [1.165, 1.54) is 22.5 Å². The summed E-state index contributed by atoms with van der Waals surface area (Å²) in [5.41, 5.74) is 0. The second kappa shape index (κ2) is 7.59. The van der Waals surface area contributed by atoms with E-state index in [4.69, 9.17) is 23.2 Å². The maximum atomic E-state index is 13.1. The maximum absolute atomic E-state index is 13.1. The van der Waals surface area contributed by atoms with Crippen molar-refractivity contribution in [2.75, 3.05) is 19.6 Å². The second-order valence-corrected chi connectivity index (χ2v) is 8.10. The Hall–Kier alpha value is -0.830. The summed E-state index contributed by atoms with van der Waals surface area (Å²) in [6.45, 7) is 1.43. The van der Waals surface area contributed by atoms with Gasteiger partial charge in [0.2, 0.25) is 10.0 Å². The highest BCUT2D eigenvalue weighted by Gasteiger charge is 2.36. The quantitative estimate of drug-likeness (QED) is 0.842. The van der Waals surface area contributed by atoms with Crippen molar-refractivity contribution in [2.24, 2.45) is 7.05 Å². The average Bonchev–Trinajstić information content (AvgIpc) is 2.92. The summed E-state index contributed by atoms with van der Waals surface area (Å²) < 4.78 is 29.4. The van der Waals surface area contributed by atoms with Gasteiger partial charge >= 0.3 is 0 Å². The molecule has 1 fully saturated rings. The number of hydrogen-bond donors (Lipinski definition) is 1. The van der Waals surface area contributed by atoms with Crippen molar-refractivity contribution in [1.29, 1.82) is 0 Å². The van der Waals surface area contributed by atoms with Crippen LogP contribution in [-0.4, -0.2) is 41.9 Å². The lowest BCUT2D eigenvalue weighted by molar-refractivity contribution is 0.258. The van der Waals surface area contributed by atoms with Gasteiger partial charge in [0.15, 0.2) is 0 Å². The summed E-state index contributed by atoms with van der Waals surface area (Å²) >= 11 is 11.9. The van der Waals surface area contributed by atoms with Crippen molar-refractivity contribution in [3.8, 4) is 0 Å². The number of nitrogens with one attached hydrogen (secondary N) is 1. The highest BCUT2D eigenvalue weighted by molar-refractivity contribution is 7.89. The van der Waals surface area contributed by atoms with E-state index in [9.17, 15) is 8.42 Å². The van der Waals surface area contributed by atoms with E-state index in [0.29, 0.717) is 35.5 Å². The Morgan fingerprint density at radius 1 is 1.25 bits per heavy atom. The second-order valence-electron chi connectivity index (χ2n) is 5.34. The minimum Gasteiger partial charge on any atom is -0.337 e. The van der Waals surface area contributed by atoms with Crippen molar-refractivity contribution in [3.05, 3.63) is 46.5 Å². The molecule has 0 saturated carbocycles. The molecule has 6 nitrogen and oxygen atoms in total. The van der Waals surface area contributed by atoms with Crippen molar-refractivity contribution in [2.45, 2.75) is 10.9 Å². The minimum absolute atomic E-state index is 0. The predicted molar refractivity (Wildman–Crippen MR) is 96.4 cm³/mol. The molecule has 0 bridgehead atoms. The van der Waals surface area contributed by atoms with Gasteiger partial charge in [-0.1, -0.05) is 23.2 Å². The van der Waals surface area contributed by atoms with Gasteiger partial charge in [0.05, 0.1) is 10.9 Å². The van der Waals surface area contributed by atoms with Gasteiger partial charge in [0.1, 0.15) is 5.82 Å². The lowest BCUT2D eigenvalue weighted by Crippen LogP contribution is -2.49. The number of aryl methyl sites for hydroxylation is 1. The van der Waals surface area contributed by atoms with Crippen LogP contribution in [-0.2, 0) is 17.1 Å². The fourth-order valence-corrected chi connectivity index (χ4v) is 5.02. The van der Waals surface area contributed by atoms with Crippen molar-refractivity contribution in [3.63, 3.8) is 0 Å².